The van der Waals surface area contributed by atoms with Crippen LogP contribution < -0.4 is 5.32 Å². The third-order valence-electron chi connectivity index (χ3n) is 4.89. The van der Waals surface area contributed by atoms with Crippen LogP contribution in [0.1, 0.15) is 24.3 Å². The fourth-order valence-corrected chi connectivity index (χ4v) is 3.60. The molecule has 3 rings (SSSR count). The van der Waals surface area contributed by atoms with Crippen molar-refractivity contribution in [3.05, 3.63) is 35.6 Å². The van der Waals surface area contributed by atoms with Crippen LogP contribution in [-0.2, 0) is 0 Å². The Bertz CT molecular complexity index is 524. The van der Waals surface area contributed by atoms with Crippen LogP contribution in [-0.4, -0.2) is 61.4 Å². The second-order valence-electron chi connectivity index (χ2n) is 6.59. The molecule has 0 bridgehead atoms. The van der Waals surface area contributed by atoms with Crippen molar-refractivity contribution in [2.45, 2.75) is 31.1 Å². The lowest BCUT2D eigenvalue weighted by molar-refractivity contribution is -0.150. The Morgan fingerprint density at radius 3 is 2.33 bits per heavy atom. The molecule has 2 aliphatic rings. The first-order valence-electron chi connectivity index (χ1n) is 8.36. The van der Waals surface area contributed by atoms with Gasteiger partial charge in [-0.2, -0.15) is 13.2 Å². The van der Waals surface area contributed by atoms with E-state index in [2.05, 4.69) is 10.2 Å². The van der Waals surface area contributed by atoms with Gasteiger partial charge in [-0.1, -0.05) is 12.1 Å². The normalized spacial score (nSPS) is 27.3. The Labute approximate surface area is 139 Å². The van der Waals surface area contributed by atoms with Crippen molar-refractivity contribution in [3.63, 3.8) is 0 Å². The number of benzene rings is 1. The molecule has 2 fully saturated rings. The van der Waals surface area contributed by atoms with Crippen LogP contribution >= 0.6 is 0 Å². The maximum Gasteiger partial charge on any atom is 0.401 e. The zero-order valence-electron chi connectivity index (χ0n) is 13.5. The Balaban J connectivity index is 1.53. The summed E-state index contributed by atoms with van der Waals surface area (Å²) in [5.41, 5.74) is 1.12. The van der Waals surface area contributed by atoms with Crippen LogP contribution in [0.15, 0.2) is 24.3 Å². The predicted molar refractivity (Wildman–Crippen MR) is 83.2 cm³/mol. The molecule has 24 heavy (non-hydrogen) atoms. The maximum atomic E-state index is 13.1. The summed E-state index contributed by atoms with van der Waals surface area (Å²) >= 11 is 0. The summed E-state index contributed by atoms with van der Waals surface area (Å²) in [5, 5.41) is 4.66. The molecule has 0 amide bonds. The van der Waals surface area contributed by atoms with Crippen molar-refractivity contribution in [1.29, 1.82) is 0 Å². The Hall–Kier alpha value is -1.18. The molecule has 2 unspecified atom stereocenters. The molecule has 2 aliphatic heterocycles. The highest BCUT2D eigenvalue weighted by Gasteiger charge is 2.34. The topological polar surface area (TPSA) is 20.6 Å². The van der Waals surface area contributed by atoms with Gasteiger partial charge >= 0.3 is 6.18 Å². The van der Waals surface area contributed by atoms with Gasteiger partial charge in [-0.05, 0) is 36.5 Å². The molecule has 0 saturated carbocycles. The van der Waals surface area contributed by atoms with Crippen molar-refractivity contribution in [1.82, 2.24) is 15.1 Å². The number of rotatable bonds is 3. The van der Waals surface area contributed by atoms with Crippen LogP contribution in [0.2, 0.25) is 0 Å². The smallest absolute Gasteiger partial charge is 0.292 e. The number of halogens is 4. The summed E-state index contributed by atoms with van der Waals surface area (Å²) in [6, 6.07) is 6.60. The number of piperidine rings is 1. The predicted octanol–water partition coefficient (Wildman–Crippen LogP) is 2.81. The number of piperazine rings is 1. The Morgan fingerprint density at radius 1 is 1.04 bits per heavy atom. The van der Waals surface area contributed by atoms with E-state index in [0.29, 0.717) is 32.1 Å². The third-order valence-corrected chi connectivity index (χ3v) is 4.89. The van der Waals surface area contributed by atoms with Gasteiger partial charge in [0.2, 0.25) is 0 Å². The van der Waals surface area contributed by atoms with Gasteiger partial charge in [-0.15, -0.1) is 0 Å². The second kappa shape index (κ2) is 7.37. The van der Waals surface area contributed by atoms with Crippen molar-refractivity contribution in [2.24, 2.45) is 0 Å². The highest BCUT2D eigenvalue weighted by atomic mass is 19.4. The van der Waals surface area contributed by atoms with E-state index in [-0.39, 0.29) is 12.0 Å². The summed E-state index contributed by atoms with van der Waals surface area (Å²) < 4.78 is 50.4. The van der Waals surface area contributed by atoms with Gasteiger partial charge < -0.3 is 0 Å². The maximum absolute atomic E-state index is 13.1. The molecular weight excluding hydrogens is 322 g/mol. The molecule has 2 heterocycles. The molecule has 1 aromatic rings. The molecule has 7 heteroatoms. The minimum atomic E-state index is -4.13. The summed E-state index contributed by atoms with van der Waals surface area (Å²) in [6.07, 6.45) is -2.28. The van der Waals surface area contributed by atoms with Gasteiger partial charge in [0.25, 0.3) is 0 Å². The monoisotopic (exact) mass is 344 g/mol. The number of alkyl halides is 3. The lowest BCUT2D eigenvalue weighted by atomic mass is 9.88. The second-order valence-corrected chi connectivity index (χ2v) is 6.59. The standard InChI is InChI=1S/C17H22F4N3/c18-15-3-1-13(2-4-15)14-5-6-22-16(11-14)24-9-7-23(8-10-24)12-17(19,20)21/h1-4,14,16H,5-12H2. The molecule has 0 aromatic heterocycles. The van der Waals surface area contributed by atoms with E-state index in [1.807, 2.05) is 12.1 Å². The fraction of sp³-hybridized carbons (Fsp3) is 0.647. The minimum absolute atomic E-state index is 0.0573. The van der Waals surface area contributed by atoms with Gasteiger partial charge in [-0.25, -0.2) is 9.71 Å². The average molecular weight is 344 g/mol. The molecule has 1 aromatic carbocycles. The van der Waals surface area contributed by atoms with Gasteiger partial charge in [0, 0.05) is 32.7 Å². The van der Waals surface area contributed by atoms with Gasteiger partial charge in [0.05, 0.1) is 12.7 Å². The first-order valence-corrected chi connectivity index (χ1v) is 8.36. The summed E-state index contributed by atoms with van der Waals surface area (Å²) in [4.78, 5) is 3.64. The van der Waals surface area contributed by atoms with E-state index in [1.54, 1.807) is 0 Å². The molecule has 133 valence electrons. The van der Waals surface area contributed by atoms with Gasteiger partial charge in [0.15, 0.2) is 0 Å². The summed E-state index contributed by atoms with van der Waals surface area (Å²) in [5.74, 6) is 0.0953. The van der Waals surface area contributed by atoms with E-state index < -0.39 is 12.7 Å². The van der Waals surface area contributed by atoms with E-state index in [4.69, 9.17) is 0 Å². The van der Waals surface area contributed by atoms with E-state index in [1.165, 1.54) is 17.0 Å². The zero-order valence-corrected chi connectivity index (χ0v) is 13.5. The first-order chi connectivity index (χ1) is 11.4. The highest BCUT2D eigenvalue weighted by Crippen LogP contribution is 2.30. The zero-order chi connectivity index (χ0) is 17.2. The molecule has 0 aliphatic carbocycles. The van der Waals surface area contributed by atoms with Crippen LogP contribution in [0.3, 0.4) is 0 Å². The number of hydrogen-bond donors (Lipinski definition) is 0. The molecule has 3 nitrogen and oxygen atoms in total. The molecule has 1 radical (unpaired) electrons. The van der Waals surface area contributed by atoms with Crippen LogP contribution in [0.5, 0.6) is 0 Å². The molecule has 2 atom stereocenters. The number of hydrogen-bond acceptors (Lipinski definition) is 2. The third kappa shape index (κ3) is 4.68. The van der Waals surface area contributed by atoms with Crippen LogP contribution in [0.25, 0.3) is 0 Å². The van der Waals surface area contributed by atoms with Crippen molar-refractivity contribution in [3.8, 4) is 0 Å². The largest absolute Gasteiger partial charge is 0.401 e. The highest BCUT2D eigenvalue weighted by molar-refractivity contribution is 5.21. The number of nitrogens with zero attached hydrogens (tertiary/aromatic N) is 3. The minimum Gasteiger partial charge on any atom is -0.292 e. The lowest BCUT2D eigenvalue weighted by Crippen LogP contribution is -2.55. The molecular formula is C17H22F4N3. The van der Waals surface area contributed by atoms with Crippen molar-refractivity contribution < 1.29 is 17.6 Å². The van der Waals surface area contributed by atoms with E-state index in [9.17, 15) is 17.6 Å². The van der Waals surface area contributed by atoms with Crippen molar-refractivity contribution in [2.75, 3.05) is 39.3 Å². The SMILES string of the molecule is Fc1ccc(C2CC[N]C(N3CCN(CC(F)(F)F)CC3)C2)cc1. The quantitative estimate of drug-likeness (QED) is 0.786. The Kier molecular flexibility index (Phi) is 5.42. The van der Waals surface area contributed by atoms with Gasteiger partial charge in [0.1, 0.15) is 5.82 Å². The first kappa shape index (κ1) is 17.6. The van der Waals surface area contributed by atoms with Crippen molar-refractivity contribution >= 4 is 0 Å². The Morgan fingerprint density at radius 2 is 1.71 bits per heavy atom. The van der Waals surface area contributed by atoms with E-state index >= 15 is 0 Å². The van der Waals surface area contributed by atoms with E-state index in [0.717, 1.165) is 24.9 Å². The summed E-state index contributed by atoms with van der Waals surface area (Å²) in [6.45, 7) is 1.98. The van der Waals surface area contributed by atoms with Gasteiger partial charge in [-0.3, -0.25) is 9.80 Å². The summed E-state index contributed by atoms with van der Waals surface area (Å²) in [7, 11) is 0. The lowest BCUT2D eigenvalue weighted by Gasteiger charge is -2.42. The molecule has 0 N–H and O–H groups in total. The fourth-order valence-electron chi connectivity index (χ4n) is 3.60. The molecule has 2 saturated heterocycles. The average Bonchev–Trinajstić information content (AvgIpc) is 2.55. The van der Waals surface area contributed by atoms with Crippen LogP contribution in [0, 0.1) is 5.82 Å². The van der Waals surface area contributed by atoms with Crippen LogP contribution in [0.4, 0.5) is 17.6 Å². The molecule has 0 spiro atoms.